The van der Waals surface area contributed by atoms with Gasteiger partial charge in [0, 0.05) is 13.8 Å². The number of aliphatic hydroxyl groups excluding tert-OH is 5. The first-order valence-electron chi connectivity index (χ1n) is 6.09. The monoisotopic (exact) mass is 356 g/mol. The molecule has 0 fully saturated rings. The Hall–Kier alpha value is -2.25. The zero-order valence-corrected chi connectivity index (χ0v) is 12.8. The lowest BCUT2D eigenvalue weighted by Gasteiger charge is -2.19. The molecule has 0 aliphatic heterocycles. The van der Waals surface area contributed by atoms with E-state index in [1.807, 2.05) is 0 Å². The summed E-state index contributed by atoms with van der Waals surface area (Å²) in [4.78, 5) is 48.3. The minimum absolute atomic E-state index is 0.767. The summed E-state index contributed by atoms with van der Waals surface area (Å²) in [6.07, 6.45) is -5.22. The van der Waals surface area contributed by atoms with Gasteiger partial charge in [-0.1, -0.05) is 0 Å². The van der Waals surface area contributed by atoms with E-state index in [4.69, 9.17) is 35.7 Å². The van der Waals surface area contributed by atoms with Crippen LogP contribution in [0.15, 0.2) is 0 Å². The summed E-state index contributed by atoms with van der Waals surface area (Å²) in [7, 11) is 0. The third kappa shape index (κ3) is 14.7. The molecular formula is C12H20O12. The molecule has 0 radical (unpaired) electrons. The Morgan fingerprint density at radius 2 is 1.08 bits per heavy atom. The van der Waals surface area contributed by atoms with E-state index in [0.29, 0.717) is 0 Å². The second kappa shape index (κ2) is 14.3. The third-order valence-electron chi connectivity index (χ3n) is 1.99. The van der Waals surface area contributed by atoms with Crippen LogP contribution < -0.4 is 0 Å². The summed E-state index contributed by atoms with van der Waals surface area (Å²) in [5.41, 5.74) is 0. The Bertz CT molecular complexity index is 395. The van der Waals surface area contributed by atoms with Crippen LogP contribution in [-0.4, -0.2) is 96.6 Å². The van der Waals surface area contributed by atoms with Crippen molar-refractivity contribution in [3.8, 4) is 0 Å². The molecule has 0 heterocycles. The van der Waals surface area contributed by atoms with E-state index in [-0.39, 0.29) is 0 Å². The summed E-state index contributed by atoms with van der Waals surface area (Å²) >= 11 is 0. The molecule has 0 aliphatic carbocycles. The predicted molar refractivity (Wildman–Crippen MR) is 73.8 cm³/mol. The van der Waals surface area contributed by atoms with Crippen molar-refractivity contribution in [1.82, 2.24) is 0 Å². The van der Waals surface area contributed by atoms with E-state index < -0.39 is 60.8 Å². The molecule has 3 unspecified atom stereocenters. The van der Waals surface area contributed by atoms with Crippen LogP contribution >= 0.6 is 0 Å². The van der Waals surface area contributed by atoms with Gasteiger partial charge in [-0.25, -0.2) is 9.59 Å². The van der Waals surface area contributed by atoms with E-state index in [0.717, 1.165) is 13.8 Å². The first-order chi connectivity index (χ1) is 10.8. The maximum atomic E-state index is 10.5. The molecule has 0 aromatic rings. The largest absolute Gasteiger partial charge is 0.476 e. The number of rotatable bonds is 7. The van der Waals surface area contributed by atoms with Gasteiger partial charge < -0.3 is 35.7 Å². The van der Waals surface area contributed by atoms with E-state index in [1.165, 1.54) is 0 Å². The summed E-state index contributed by atoms with van der Waals surface area (Å²) in [5.74, 6) is -5.41. The van der Waals surface area contributed by atoms with Crippen LogP contribution in [0, 0.1) is 0 Å². The van der Waals surface area contributed by atoms with Crippen molar-refractivity contribution in [2.75, 3.05) is 13.2 Å². The molecule has 7 N–H and O–H groups in total. The van der Waals surface area contributed by atoms with Crippen molar-refractivity contribution in [3.63, 3.8) is 0 Å². The van der Waals surface area contributed by atoms with E-state index in [2.05, 4.69) is 0 Å². The molecule has 0 aromatic carbocycles. The van der Waals surface area contributed by atoms with Crippen molar-refractivity contribution in [2.24, 2.45) is 0 Å². The number of carboxylic acid groups (broad SMARTS) is 2. The highest BCUT2D eigenvalue weighted by molar-refractivity contribution is 6.31. The molecule has 24 heavy (non-hydrogen) atoms. The van der Waals surface area contributed by atoms with Gasteiger partial charge in [0.25, 0.3) is 0 Å². The number of carbonyl (C=O) groups is 5. The average Bonchev–Trinajstić information content (AvgIpc) is 2.52. The minimum atomic E-state index is -1.86. The number of aliphatic hydroxyl groups is 5. The molecule has 12 nitrogen and oxygen atoms in total. The number of hydrogen-bond donors (Lipinski definition) is 7. The summed E-state index contributed by atoms with van der Waals surface area (Å²) in [6, 6.07) is 0. The van der Waals surface area contributed by atoms with Crippen LogP contribution in [0.25, 0.3) is 0 Å². The van der Waals surface area contributed by atoms with Crippen LogP contribution in [0.3, 0.4) is 0 Å². The Labute approximate surface area is 135 Å². The van der Waals surface area contributed by atoms with Crippen molar-refractivity contribution < 1.29 is 59.7 Å². The molecular weight excluding hydrogens is 336 g/mol. The lowest BCUT2D eigenvalue weighted by molar-refractivity contribution is -0.148. The van der Waals surface area contributed by atoms with Crippen LogP contribution in [0.1, 0.15) is 13.8 Å². The van der Waals surface area contributed by atoms with Crippen LogP contribution in [0.2, 0.25) is 0 Å². The van der Waals surface area contributed by atoms with Gasteiger partial charge >= 0.3 is 11.9 Å². The average molecular weight is 356 g/mol. The Balaban J connectivity index is -0.000000309. The highest BCUT2D eigenvalue weighted by atomic mass is 16.4. The molecule has 0 amide bonds. The number of carbonyl (C=O) groups excluding carboxylic acids is 3. The fourth-order valence-electron chi connectivity index (χ4n) is 0.602. The van der Waals surface area contributed by atoms with Crippen molar-refractivity contribution in [3.05, 3.63) is 0 Å². The Morgan fingerprint density at radius 3 is 1.25 bits per heavy atom. The van der Waals surface area contributed by atoms with Gasteiger partial charge in [0.05, 0.1) is 6.61 Å². The molecule has 0 spiro atoms. The van der Waals surface area contributed by atoms with Crippen molar-refractivity contribution in [1.29, 1.82) is 0 Å². The zero-order chi connectivity index (χ0) is 20.0. The first-order valence-corrected chi connectivity index (χ1v) is 6.09. The SMILES string of the molecule is CC(=O)C(=O)O.CC(=O)C(=O)O.O=C(CO)C(O)C(O)C(O)CO. The fraction of sp³-hybridized carbons (Fsp3) is 0.583. The van der Waals surface area contributed by atoms with E-state index >= 15 is 0 Å². The van der Waals surface area contributed by atoms with Crippen LogP contribution in [-0.2, 0) is 24.0 Å². The topological polar surface area (TPSA) is 227 Å². The number of Topliss-reactive ketones (excluding diaryl/α,β-unsaturated/α-hetero) is 3. The Kier molecular flexibility index (Phi) is 15.9. The number of hydrogen-bond acceptors (Lipinski definition) is 10. The minimum Gasteiger partial charge on any atom is -0.476 e. The smallest absolute Gasteiger partial charge is 0.371 e. The number of aliphatic carboxylic acids is 2. The quantitative estimate of drug-likeness (QED) is 0.216. The highest BCUT2D eigenvalue weighted by Gasteiger charge is 2.28. The second-order valence-corrected chi connectivity index (χ2v) is 4.03. The standard InChI is InChI=1S/C6H12O6.2C3H4O3/c7-1-3(9)5(11)6(12)4(10)2-8;2*1-2(4)3(5)6/h3,5-9,11-12H,1-2H2;2*1H3,(H,5,6). The number of carboxylic acids is 2. The molecule has 0 rings (SSSR count). The van der Waals surface area contributed by atoms with Gasteiger partial charge in [-0.2, -0.15) is 0 Å². The van der Waals surface area contributed by atoms with Crippen molar-refractivity contribution in [2.45, 2.75) is 32.2 Å². The second-order valence-electron chi connectivity index (χ2n) is 4.03. The highest BCUT2D eigenvalue weighted by Crippen LogP contribution is 2.00. The van der Waals surface area contributed by atoms with Gasteiger partial charge in [0.2, 0.25) is 11.6 Å². The predicted octanol–water partition coefficient (Wildman–Crippen LogP) is -4.06. The van der Waals surface area contributed by atoms with Crippen LogP contribution in [0.4, 0.5) is 0 Å². The fourth-order valence-corrected chi connectivity index (χ4v) is 0.602. The summed E-state index contributed by atoms with van der Waals surface area (Å²) < 4.78 is 0. The van der Waals surface area contributed by atoms with Gasteiger partial charge in [-0.3, -0.25) is 14.4 Å². The number of ketones is 3. The van der Waals surface area contributed by atoms with Crippen LogP contribution in [0.5, 0.6) is 0 Å². The maximum Gasteiger partial charge on any atom is 0.371 e. The van der Waals surface area contributed by atoms with Gasteiger partial charge in [-0.15, -0.1) is 0 Å². The third-order valence-corrected chi connectivity index (χ3v) is 1.99. The Morgan fingerprint density at radius 1 is 0.792 bits per heavy atom. The maximum absolute atomic E-state index is 10.5. The van der Waals surface area contributed by atoms with Gasteiger partial charge in [-0.05, 0) is 0 Å². The van der Waals surface area contributed by atoms with Crippen molar-refractivity contribution >= 4 is 29.3 Å². The van der Waals surface area contributed by atoms with Gasteiger partial charge in [0.15, 0.2) is 5.78 Å². The summed E-state index contributed by atoms with van der Waals surface area (Å²) in [6.45, 7) is 0.317. The first kappa shape index (κ1) is 26.6. The molecule has 140 valence electrons. The normalized spacial score (nSPS) is 13.0. The molecule has 0 aliphatic rings. The molecule has 3 atom stereocenters. The zero-order valence-electron chi connectivity index (χ0n) is 12.8. The van der Waals surface area contributed by atoms with E-state index in [9.17, 15) is 24.0 Å². The van der Waals surface area contributed by atoms with Gasteiger partial charge in [0.1, 0.15) is 24.9 Å². The van der Waals surface area contributed by atoms with E-state index in [1.54, 1.807) is 0 Å². The summed E-state index contributed by atoms with van der Waals surface area (Å²) in [5, 5.41) is 58.3. The lowest BCUT2D eigenvalue weighted by atomic mass is 10.1. The molecule has 0 bridgehead atoms. The molecule has 0 saturated carbocycles. The molecule has 0 aromatic heterocycles. The lowest BCUT2D eigenvalue weighted by Crippen LogP contribution is -2.44. The molecule has 12 heteroatoms. The molecule has 0 saturated heterocycles.